The van der Waals surface area contributed by atoms with Crippen LogP contribution in [-0.2, 0) is 14.3 Å². The third-order valence-electron chi connectivity index (χ3n) is 3.06. The number of carbonyl (C=O) groups is 2. The molecule has 0 aliphatic carbocycles. The fourth-order valence-corrected chi connectivity index (χ4v) is 2.13. The number of esters is 1. The van der Waals surface area contributed by atoms with Gasteiger partial charge in [-0.1, -0.05) is 6.92 Å². The van der Waals surface area contributed by atoms with Crippen molar-refractivity contribution in [1.29, 1.82) is 0 Å². The Kier molecular flexibility index (Phi) is 6.72. The summed E-state index contributed by atoms with van der Waals surface area (Å²) in [5, 5.41) is 3.26. The minimum Gasteiger partial charge on any atom is -0.466 e. The molecule has 1 amide bonds. The molecule has 1 aliphatic rings. The molecule has 1 heterocycles. The molecular formula is C13H24N2O3. The zero-order valence-corrected chi connectivity index (χ0v) is 11.4. The molecule has 5 nitrogen and oxygen atoms in total. The molecule has 1 N–H and O–H groups in total. The van der Waals surface area contributed by atoms with Crippen molar-refractivity contribution in [2.75, 3.05) is 26.2 Å². The summed E-state index contributed by atoms with van der Waals surface area (Å²) in [4.78, 5) is 25.2. The quantitative estimate of drug-likeness (QED) is 0.688. The van der Waals surface area contributed by atoms with Crippen molar-refractivity contribution in [3.8, 4) is 0 Å². The smallest absolute Gasteiger partial charge is 0.307 e. The minimum atomic E-state index is -0.228. The van der Waals surface area contributed by atoms with E-state index in [-0.39, 0.29) is 17.9 Å². The molecule has 1 aliphatic heterocycles. The fraction of sp³-hybridized carbons (Fsp3) is 0.846. The molecule has 0 bridgehead atoms. The van der Waals surface area contributed by atoms with Gasteiger partial charge in [-0.05, 0) is 32.7 Å². The second kappa shape index (κ2) is 8.08. The lowest BCUT2D eigenvalue weighted by molar-refractivity contribution is -0.144. The van der Waals surface area contributed by atoms with Crippen molar-refractivity contribution in [1.82, 2.24) is 10.2 Å². The van der Waals surface area contributed by atoms with Gasteiger partial charge in [-0.25, -0.2) is 0 Å². The predicted octanol–water partition coefficient (Wildman–Crippen LogP) is 0.930. The lowest BCUT2D eigenvalue weighted by atomic mass is 10.0. The van der Waals surface area contributed by atoms with Gasteiger partial charge in [0.15, 0.2) is 0 Å². The summed E-state index contributed by atoms with van der Waals surface area (Å²) in [6.45, 7) is 6.35. The van der Waals surface area contributed by atoms with E-state index in [1.807, 2.05) is 0 Å². The normalized spacial score (nSPS) is 20.0. The van der Waals surface area contributed by atoms with Crippen molar-refractivity contribution in [2.45, 2.75) is 45.6 Å². The summed E-state index contributed by atoms with van der Waals surface area (Å²) in [5.41, 5.74) is 0. The van der Waals surface area contributed by atoms with Crippen molar-refractivity contribution < 1.29 is 14.3 Å². The summed E-state index contributed by atoms with van der Waals surface area (Å²) in [6, 6.07) is -0.0686. The molecule has 1 rings (SSSR count). The van der Waals surface area contributed by atoms with E-state index >= 15 is 0 Å². The van der Waals surface area contributed by atoms with E-state index in [1.165, 1.54) is 0 Å². The largest absolute Gasteiger partial charge is 0.466 e. The van der Waals surface area contributed by atoms with Gasteiger partial charge in [-0.2, -0.15) is 0 Å². The van der Waals surface area contributed by atoms with Gasteiger partial charge in [0, 0.05) is 13.1 Å². The molecule has 0 saturated carbocycles. The van der Waals surface area contributed by atoms with Gasteiger partial charge in [-0.3, -0.25) is 9.59 Å². The number of amides is 1. The van der Waals surface area contributed by atoms with Crippen molar-refractivity contribution in [2.24, 2.45) is 0 Å². The van der Waals surface area contributed by atoms with Gasteiger partial charge in [0.05, 0.1) is 19.1 Å². The van der Waals surface area contributed by atoms with Gasteiger partial charge in [0.2, 0.25) is 5.91 Å². The van der Waals surface area contributed by atoms with Crippen LogP contribution in [0, 0.1) is 0 Å². The monoisotopic (exact) mass is 256 g/mol. The predicted molar refractivity (Wildman–Crippen MR) is 69.1 cm³/mol. The van der Waals surface area contributed by atoms with Crippen LogP contribution in [0.5, 0.6) is 0 Å². The Balaban J connectivity index is 2.36. The van der Waals surface area contributed by atoms with E-state index in [4.69, 9.17) is 4.74 Å². The van der Waals surface area contributed by atoms with E-state index < -0.39 is 0 Å². The van der Waals surface area contributed by atoms with Crippen LogP contribution in [0.4, 0.5) is 0 Å². The molecule has 0 radical (unpaired) electrons. The summed E-state index contributed by atoms with van der Waals surface area (Å²) in [6.07, 6.45) is 3.21. The highest BCUT2D eigenvalue weighted by Crippen LogP contribution is 2.12. The summed E-state index contributed by atoms with van der Waals surface area (Å²) >= 11 is 0. The first-order valence-electron chi connectivity index (χ1n) is 6.86. The maximum atomic E-state index is 12.1. The molecule has 1 saturated heterocycles. The van der Waals surface area contributed by atoms with Crippen LogP contribution >= 0.6 is 0 Å². The minimum absolute atomic E-state index is 0.0686. The van der Waals surface area contributed by atoms with Crippen molar-refractivity contribution >= 4 is 11.9 Å². The van der Waals surface area contributed by atoms with Crippen LogP contribution in [0.3, 0.4) is 0 Å². The number of likely N-dealkylation sites (tertiary alicyclic amines) is 1. The Labute approximate surface area is 109 Å². The Bertz CT molecular complexity index is 281. The summed E-state index contributed by atoms with van der Waals surface area (Å²) in [7, 11) is 0. The zero-order valence-electron chi connectivity index (χ0n) is 11.4. The number of rotatable bonds is 7. The topological polar surface area (TPSA) is 58.6 Å². The second-order valence-electron chi connectivity index (χ2n) is 4.53. The maximum Gasteiger partial charge on any atom is 0.307 e. The van der Waals surface area contributed by atoms with Crippen LogP contribution in [0.25, 0.3) is 0 Å². The third kappa shape index (κ3) is 4.64. The highest BCUT2D eigenvalue weighted by Gasteiger charge is 2.28. The van der Waals surface area contributed by atoms with Gasteiger partial charge < -0.3 is 15.0 Å². The first-order valence-corrected chi connectivity index (χ1v) is 6.86. The number of nitrogens with zero attached hydrogens (tertiary/aromatic N) is 1. The number of nitrogens with one attached hydrogen (secondary N) is 1. The fourth-order valence-electron chi connectivity index (χ4n) is 2.13. The highest BCUT2D eigenvalue weighted by molar-refractivity contribution is 5.83. The van der Waals surface area contributed by atoms with E-state index in [1.54, 1.807) is 11.8 Å². The van der Waals surface area contributed by atoms with E-state index in [0.29, 0.717) is 19.6 Å². The van der Waals surface area contributed by atoms with E-state index in [2.05, 4.69) is 12.2 Å². The number of hydrogen-bond donors (Lipinski definition) is 1. The average Bonchev–Trinajstić information content (AvgIpc) is 2.36. The van der Waals surface area contributed by atoms with Crippen LogP contribution in [0.15, 0.2) is 0 Å². The first-order chi connectivity index (χ1) is 8.69. The molecule has 1 atom stereocenters. The van der Waals surface area contributed by atoms with Gasteiger partial charge in [0.25, 0.3) is 0 Å². The molecule has 18 heavy (non-hydrogen) atoms. The zero-order chi connectivity index (χ0) is 13.4. The lowest BCUT2D eigenvalue weighted by Crippen LogP contribution is -2.51. The molecule has 0 spiro atoms. The van der Waals surface area contributed by atoms with Crippen LogP contribution in [0.2, 0.25) is 0 Å². The Morgan fingerprint density at radius 1 is 1.50 bits per heavy atom. The van der Waals surface area contributed by atoms with Crippen LogP contribution < -0.4 is 5.32 Å². The summed E-state index contributed by atoms with van der Waals surface area (Å²) in [5.74, 6) is -0.104. The molecule has 1 unspecified atom stereocenters. The molecule has 0 aromatic heterocycles. The number of carbonyl (C=O) groups excluding carboxylic acids is 2. The lowest BCUT2D eigenvalue weighted by Gasteiger charge is -2.32. The number of hydrogen-bond acceptors (Lipinski definition) is 4. The molecule has 5 heteroatoms. The molecule has 0 aromatic rings. The van der Waals surface area contributed by atoms with E-state index in [9.17, 15) is 9.59 Å². The Hall–Kier alpha value is -1.10. The Morgan fingerprint density at radius 3 is 2.94 bits per heavy atom. The van der Waals surface area contributed by atoms with Crippen LogP contribution in [-0.4, -0.2) is 49.1 Å². The first kappa shape index (κ1) is 15.0. The summed E-state index contributed by atoms with van der Waals surface area (Å²) < 4.78 is 4.87. The standard InChI is InChI=1S/C13H24N2O3/c1-3-8-14-11-6-5-9-15(13(11)17)10-7-12(16)18-4-2/h11,14H,3-10H2,1-2H3. The third-order valence-corrected chi connectivity index (χ3v) is 3.06. The van der Waals surface area contributed by atoms with Gasteiger partial charge in [0.1, 0.15) is 0 Å². The maximum absolute atomic E-state index is 12.1. The van der Waals surface area contributed by atoms with Crippen LogP contribution in [0.1, 0.15) is 39.5 Å². The molecular weight excluding hydrogens is 232 g/mol. The highest BCUT2D eigenvalue weighted by atomic mass is 16.5. The van der Waals surface area contributed by atoms with Gasteiger partial charge >= 0.3 is 5.97 Å². The average molecular weight is 256 g/mol. The Morgan fingerprint density at radius 2 is 2.28 bits per heavy atom. The molecule has 104 valence electrons. The number of piperidine rings is 1. The SMILES string of the molecule is CCCNC1CCCN(CCC(=O)OCC)C1=O. The van der Waals surface area contributed by atoms with Gasteiger partial charge in [-0.15, -0.1) is 0 Å². The number of ether oxygens (including phenoxy) is 1. The van der Waals surface area contributed by atoms with E-state index in [0.717, 1.165) is 32.4 Å². The van der Waals surface area contributed by atoms with Crippen molar-refractivity contribution in [3.63, 3.8) is 0 Å². The van der Waals surface area contributed by atoms with Crippen molar-refractivity contribution in [3.05, 3.63) is 0 Å². The molecule has 0 aromatic carbocycles. The molecule has 1 fully saturated rings. The second-order valence-corrected chi connectivity index (χ2v) is 4.53.